The number of hydrogen-bond acceptors (Lipinski definition) is 3. The van der Waals surface area contributed by atoms with Crippen molar-refractivity contribution in [1.29, 1.82) is 0 Å². The maximum absolute atomic E-state index is 12.2. The van der Waals surface area contributed by atoms with Crippen molar-refractivity contribution in [3.63, 3.8) is 0 Å². The molecule has 2 N–H and O–H groups in total. The van der Waals surface area contributed by atoms with E-state index in [9.17, 15) is 9.59 Å². The monoisotopic (exact) mass is 324 g/mol. The molecule has 0 aromatic heterocycles. The summed E-state index contributed by atoms with van der Waals surface area (Å²) < 4.78 is 0. The first-order chi connectivity index (χ1) is 10.1. The highest BCUT2D eigenvalue weighted by Gasteiger charge is 2.16. The molecule has 1 fully saturated rings. The molecule has 122 valence electrons. The van der Waals surface area contributed by atoms with Crippen LogP contribution in [0.2, 0.25) is 0 Å². The van der Waals surface area contributed by atoms with Gasteiger partial charge in [-0.2, -0.15) is 0 Å². The first-order valence-electron chi connectivity index (χ1n) is 7.67. The van der Waals surface area contributed by atoms with Crippen molar-refractivity contribution in [1.82, 2.24) is 10.6 Å². The number of carbonyl (C=O) groups is 2. The van der Waals surface area contributed by atoms with E-state index in [4.69, 9.17) is 0 Å². The molecule has 1 aliphatic heterocycles. The molecule has 1 aliphatic rings. The van der Waals surface area contributed by atoms with Crippen LogP contribution in [0.5, 0.6) is 0 Å². The number of ketones is 1. The first-order valence-corrected chi connectivity index (χ1v) is 7.67. The fourth-order valence-corrected chi connectivity index (χ4v) is 2.67. The fraction of sp³-hybridized carbons (Fsp3) is 0.529. The first kappa shape index (κ1) is 18.7. The highest BCUT2D eigenvalue weighted by atomic mass is 35.5. The van der Waals surface area contributed by atoms with E-state index in [1.807, 2.05) is 32.0 Å². The minimum atomic E-state index is -0.0256. The van der Waals surface area contributed by atoms with E-state index in [1.54, 1.807) is 0 Å². The van der Waals surface area contributed by atoms with Crippen LogP contribution < -0.4 is 10.6 Å². The van der Waals surface area contributed by atoms with Gasteiger partial charge >= 0.3 is 0 Å². The van der Waals surface area contributed by atoms with Crippen LogP contribution in [-0.2, 0) is 4.79 Å². The van der Waals surface area contributed by atoms with Gasteiger partial charge in [0.25, 0.3) is 0 Å². The van der Waals surface area contributed by atoms with E-state index in [-0.39, 0.29) is 43.0 Å². The Morgan fingerprint density at radius 3 is 2.73 bits per heavy atom. The van der Waals surface area contributed by atoms with Gasteiger partial charge in [-0.25, -0.2) is 0 Å². The average Bonchev–Trinajstić information content (AvgIpc) is 2.48. The molecule has 1 aromatic rings. The van der Waals surface area contributed by atoms with Crippen LogP contribution in [-0.4, -0.2) is 30.8 Å². The molecule has 0 radical (unpaired) electrons. The largest absolute Gasteiger partial charge is 0.352 e. The number of piperidine rings is 1. The molecule has 1 atom stereocenters. The van der Waals surface area contributed by atoms with Gasteiger partial charge < -0.3 is 10.6 Å². The van der Waals surface area contributed by atoms with Crippen LogP contribution in [0.3, 0.4) is 0 Å². The highest BCUT2D eigenvalue weighted by molar-refractivity contribution is 5.99. The van der Waals surface area contributed by atoms with Crippen molar-refractivity contribution in [3.05, 3.63) is 34.9 Å². The molecule has 1 unspecified atom stereocenters. The third-order valence-electron chi connectivity index (χ3n) is 3.93. The average molecular weight is 325 g/mol. The molecule has 2 rings (SSSR count). The summed E-state index contributed by atoms with van der Waals surface area (Å²) >= 11 is 0. The molecule has 1 heterocycles. The minimum Gasteiger partial charge on any atom is -0.352 e. The zero-order valence-corrected chi connectivity index (χ0v) is 14.1. The van der Waals surface area contributed by atoms with Crippen LogP contribution in [0.4, 0.5) is 0 Å². The van der Waals surface area contributed by atoms with Gasteiger partial charge in [-0.3, -0.25) is 9.59 Å². The second-order valence-corrected chi connectivity index (χ2v) is 5.85. The van der Waals surface area contributed by atoms with Gasteiger partial charge in [0.05, 0.1) is 0 Å². The number of amides is 1. The SMILES string of the molecule is Cc1ccc(C)c(C(=O)CCC(=O)NC2CCCNC2)c1.Cl. The van der Waals surface area contributed by atoms with Gasteiger partial charge in [0.2, 0.25) is 5.91 Å². The molecule has 0 spiro atoms. The van der Waals surface area contributed by atoms with Gasteiger partial charge in [0.1, 0.15) is 0 Å². The number of halogens is 1. The van der Waals surface area contributed by atoms with Gasteiger partial charge in [-0.15, -0.1) is 12.4 Å². The predicted molar refractivity (Wildman–Crippen MR) is 90.8 cm³/mol. The minimum absolute atomic E-state index is 0. The Bertz CT molecular complexity index is 525. The van der Waals surface area contributed by atoms with E-state index in [0.717, 1.165) is 42.6 Å². The molecule has 22 heavy (non-hydrogen) atoms. The molecule has 1 amide bonds. The van der Waals surface area contributed by atoms with Crippen molar-refractivity contribution in [2.24, 2.45) is 0 Å². The lowest BCUT2D eigenvalue weighted by molar-refractivity contribution is -0.121. The van der Waals surface area contributed by atoms with Crippen LogP contribution >= 0.6 is 12.4 Å². The molecule has 0 aliphatic carbocycles. The third kappa shape index (κ3) is 5.43. The standard InChI is InChI=1S/C17H24N2O2.ClH/c1-12-5-6-13(2)15(10-12)16(20)7-8-17(21)19-14-4-3-9-18-11-14;/h5-6,10,14,18H,3-4,7-9,11H2,1-2H3,(H,19,21);1H. The Labute approximate surface area is 138 Å². The number of Topliss-reactive ketones (excluding diaryl/α,β-unsaturated/α-hetero) is 1. The normalized spacial score (nSPS) is 17.5. The summed E-state index contributed by atoms with van der Waals surface area (Å²) in [4.78, 5) is 24.1. The predicted octanol–water partition coefficient (Wildman–Crippen LogP) is 2.56. The number of nitrogens with one attached hydrogen (secondary N) is 2. The summed E-state index contributed by atoms with van der Waals surface area (Å²) in [6.45, 7) is 5.76. The van der Waals surface area contributed by atoms with E-state index in [2.05, 4.69) is 10.6 Å². The number of rotatable bonds is 5. The summed E-state index contributed by atoms with van der Waals surface area (Å²) in [5.41, 5.74) is 2.78. The molecular weight excluding hydrogens is 300 g/mol. The lowest BCUT2D eigenvalue weighted by Crippen LogP contribution is -2.45. The van der Waals surface area contributed by atoms with Gasteiger partial charge in [0.15, 0.2) is 5.78 Å². The highest BCUT2D eigenvalue weighted by Crippen LogP contribution is 2.14. The number of aryl methyl sites for hydroxylation is 2. The Morgan fingerprint density at radius 1 is 1.27 bits per heavy atom. The van der Waals surface area contributed by atoms with Crippen molar-refractivity contribution in [2.75, 3.05) is 13.1 Å². The number of hydrogen-bond donors (Lipinski definition) is 2. The van der Waals surface area contributed by atoms with E-state index in [0.29, 0.717) is 0 Å². The van der Waals surface area contributed by atoms with Crippen molar-refractivity contribution in [2.45, 2.75) is 45.6 Å². The van der Waals surface area contributed by atoms with Gasteiger partial charge in [0, 0.05) is 31.0 Å². The lowest BCUT2D eigenvalue weighted by Gasteiger charge is -2.23. The zero-order chi connectivity index (χ0) is 15.2. The lowest BCUT2D eigenvalue weighted by atomic mass is 9.99. The van der Waals surface area contributed by atoms with Crippen LogP contribution in [0.15, 0.2) is 18.2 Å². The van der Waals surface area contributed by atoms with Crippen molar-refractivity contribution < 1.29 is 9.59 Å². The maximum atomic E-state index is 12.2. The molecule has 4 nitrogen and oxygen atoms in total. The third-order valence-corrected chi connectivity index (χ3v) is 3.93. The Kier molecular flexibility index (Phi) is 7.56. The van der Waals surface area contributed by atoms with Crippen molar-refractivity contribution >= 4 is 24.1 Å². The smallest absolute Gasteiger partial charge is 0.220 e. The zero-order valence-electron chi connectivity index (χ0n) is 13.3. The number of carbonyl (C=O) groups excluding carboxylic acids is 2. The Balaban J connectivity index is 0.00000242. The summed E-state index contributed by atoms with van der Waals surface area (Å²) in [5, 5.41) is 6.26. The Morgan fingerprint density at radius 2 is 2.05 bits per heavy atom. The summed E-state index contributed by atoms with van der Waals surface area (Å²) in [6.07, 6.45) is 2.65. The molecule has 1 saturated heterocycles. The molecule has 0 saturated carbocycles. The topological polar surface area (TPSA) is 58.2 Å². The molecular formula is C17H25ClN2O2. The quantitative estimate of drug-likeness (QED) is 0.818. The van der Waals surface area contributed by atoms with Crippen LogP contribution in [0.25, 0.3) is 0 Å². The van der Waals surface area contributed by atoms with E-state index >= 15 is 0 Å². The van der Waals surface area contributed by atoms with Gasteiger partial charge in [-0.1, -0.05) is 17.7 Å². The Hall–Kier alpha value is -1.39. The molecule has 0 bridgehead atoms. The second kappa shape index (κ2) is 8.91. The summed E-state index contributed by atoms with van der Waals surface area (Å²) in [6, 6.07) is 6.06. The van der Waals surface area contributed by atoms with Crippen molar-refractivity contribution in [3.8, 4) is 0 Å². The number of benzene rings is 1. The second-order valence-electron chi connectivity index (χ2n) is 5.85. The maximum Gasteiger partial charge on any atom is 0.220 e. The van der Waals surface area contributed by atoms with Crippen LogP contribution in [0.1, 0.15) is 47.2 Å². The van der Waals surface area contributed by atoms with E-state index < -0.39 is 0 Å². The van der Waals surface area contributed by atoms with Crippen LogP contribution in [0, 0.1) is 13.8 Å². The summed E-state index contributed by atoms with van der Waals surface area (Å²) in [7, 11) is 0. The molecule has 5 heteroatoms. The fourth-order valence-electron chi connectivity index (χ4n) is 2.67. The molecule has 1 aromatic carbocycles. The van der Waals surface area contributed by atoms with E-state index in [1.165, 1.54) is 0 Å². The van der Waals surface area contributed by atoms with Gasteiger partial charge in [-0.05, 0) is 44.9 Å². The summed E-state index contributed by atoms with van der Waals surface area (Å²) in [5.74, 6) is 0.0236.